The van der Waals surface area contributed by atoms with Crippen LogP contribution >= 0.6 is 0 Å². The van der Waals surface area contributed by atoms with Gasteiger partial charge in [0.15, 0.2) is 0 Å². The fourth-order valence-electron chi connectivity index (χ4n) is 3.22. The third-order valence-electron chi connectivity index (χ3n) is 4.68. The minimum absolute atomic E-state index is 0.174. The van der Waals surface area contributed by atoms with Gasteiger partial charge in [-0.25, -0.2) is 0 Å². The second-order valence-corrected chi connectivity index (χ2v) is 6.57. The van der Waals surface area contributed by atoms with E-state index in [4.69, 9.17) is 0 Å². The number of rotatable bonds is 6. The predicted molar refractivity (Wildman–Crippen MR) is 96.2 cm³/mol. The molecule has 1 saturated carbocycles. The monoisotopic (exact) mass is 325 g/mol. The van der Waals surface area contributed by atoms with E-state index in [9.17, 15) is 10.1 Å². The molecule has 0 radical (unpaired) electrons. The van der Waals surface area contributed by atoms with E-state index >= 15 is 0 Å². The highest BCUT2D eigenvalue weighted by Gasteiger charge is 2.24. The molecule has 4 nitrogen and oxygen atoms in total. The Bertz CT molecular complexity index is 624. The molecule has 24 heavy (non-hydrogen) atoms. The van der Waals surface area contributed by atoms with Gasteiger partial charge < -0.3 is 10.2 Å². The first kappa shape index (κ1) is 18.1. The fraction of sp³-hybridized carbons (Fsp3) is 0.500. The van der Waals surface area contributed by atoms with Gasteiger partial charge in [0.25, 0.3) is 5.91 Å². The van der Waals surface area contributed by atoms with Gasteiger partial charge in [0.1, 0.15) is 11.6 Å². The lowest BCUT2D eigenvalue weighted by Gasteiger charge is -2.31. The smallest absolute Gasteiger partial charge is 0.265 e. The van der Waals surface area contributed by atoms with Gasteiger partial charge in [0, 0.05) is 25.8 Å². The number of benzene rings is 1. The fourth-order valence-corrected chi connectivity index (χ4v) is 3.22. The Hall–Kier alpha value is -2.28. The van der Waals surface area contributed by atoms with Crippen LogP contribution in [-0.2, 0) is 11.2 Å². The van der Waals surface area contributed by atoms with Gasteiger partial charge in [-0.15, -0.1) is 0 Å². The Morgan fingerprint density at radius 1 is 1.38 bits per heavy atom. The quantitative estimate of drug-likeness (QED) is 0.496. The van der Waals surface area contributed by atoms with Crippen molar-refractivity contribution in [2.24, 2.45) is 0 Å². The summed E-state index contributed by atoms with van der Waals surface area (Å²) in [6.45, 7) is 2.78. The first-order valence-corrected chi connectivity index (χ1v) is 8.78. The third kappa shape index (κ3) is 5.13. The first-order valence-electron chi connectivity index (χ1n) is 8.78. The number of carbonyl (C=O) groups excluding carboxylic acids is 1. The van der Waals surface area contributed by atoms with Crippen LogP contribution in [0.1, 0.15) is 43.2 Å². The van der Waals surface area contributed by atoms with Gasteiger partial charge in [-0.3, -0.25) is 4.79 Å². The summed E-state index contributed by atoms with van der Waals surface area (Å²) in [4.78, 5) is 14.2. The van der Waals surface area contributed by atoms with Crippen LogP contribution < -0.4 is 5.32 Å². The maximum atomic E-state index is 12.5. The lowest BCUT2D eigenvalue weighted by molar-refractivity contribution is -0.128. The number of carbonyl (C=O) groups is 1. The van der Waals surface area contributed by atoms with Gasteiger partial charge in [0.05, 0.1) is 0 Å². The van der Waals surface area contributed by atoms with E-state index in [0.717, 1.165) is 19.3 Å². The van der Waals surface area contributed by atoms with Crippen molar-refractivity contribution >= 4 is 5.91 Å². The molecule has 0 saturated heterocycles. The highest BCUT2D eigenvalue weighted by atomic mass is 16.2. The predicted octanol–water partition coefficient (Wildman–Crippen LogP) is 3.33. The van der Waals surface area contributed by atoms with Crippen LogP contribution in [0, 0.1) is 18.3 Å². The molecule has 0 spiro atoms. The van der Waals surface area contributed by atoms with Gasteiger partial charge >= 0.3 is 0 Å². The molecule has 0 unspecified atom stereocenters. The van der Waals surface area contributed by atoms with Crippen molar-refractivity contribution in [2.45, 2.75) is 51.5 Å². The number of nitriles is 1. The lowest BCUT2D eigenvalue weighted by Crippen LogP contribution is -2.39. The normalized spacial score (nSPS) is 15.6. The van der Waals surface area contributed by atoms with Crippen molar-refractivity contribution in [3.8, 4) is 6.07 Å². The number of likely N-dealkylation sites (N-methyl/N-ethyl adjacent to an activating group) is 1. The molecule has 1 aliphatic rings. The van der Waals surface area contributed by atoms with Crippen molar-refractivity contribution in [1.29, 1.82) is 5.26 Å². The van der Waals surface area contributed by atoms with E-state index in [1.54, 1.807) is 11.1 Å². The standard InChI is InChI=1S/C20H27N3O/c1-16-7-6-8-17(13-16)11-12-22-15-18(14-21)20(24)23(2)19-9-4-3-5-10-19/h6-8,13,15,19,22H,3-5,9-12H2,1-2H3/b18-15-. The Balaban J connectivity index is 1.86. The molecule has 0 bridgehead atoms. The van der Waals surface area contributed by atoms with Gasteiger partial charge in [-0.2, -0.15) is 5.26 Å². The average molecular weight is 325 g/mol. The molecule has 0 heterocycles. The Kier molecular flexibility index (Phi) is 6.87. The lowest BCUT2D eigenvalue weighted by atomic mass is 9.94. The zero-order valence-electron chi connectivity index (χ0n) is 14.7. The van der Waals surface area contributed by atoms with Crippen molar-refractivity contribution < 1.29 is 4.79 Å². The molecule has 0 aliphatic heterocycles. The number of hydrogen-bond acceptors (Lipinski definition) is 3. The van der Waals surface area contributed by atoms with Gasteiger partial charge in [0.2, 0.25) is 0 Å². The van der Waals surface area contributed by atoms with E-state index in [1.165, 1.54) is 30.4 Å². The van der Waals surface area contributed by atoms with E-state index in [2.05, 4.69) is 30.4 Å². The van der Waals surface area contributed by atoms with Crippen LogP contribution in [0.2, 0.25) is 0 Å². The second-order valence-electron chi connectivity index (χ2n) is 6.57. The van der Waals surface area contributed by atoms with E-state index in [-0.39, 0.29) is 17.5 Å². The molecule has 0 aromatic heterocycles. The van der Waals surface area contributed by atoms with Crippen molar-refractivity contribution in [3.63, 3.8) is 0 Å². The summed E-state index contributed by atoms with van der Waals surface area (Å²) in [5.74, 6) is -0.174. The molecule has 0 atom stereocenters. The Morgan fingerprint density at radius 3 is 2.79 bits per heavy atom. The summed E-state index contributed by atoms with van der Waals surface area (Å²) in [6, 6.07) is 10.7. The van der Waals surface area contributed by atoms with E-state index < -0.39 is 0 Å². The molecular weight excluding hydrogens is 298 g/mol. The molecule has 1 fully saturated rings. The van der Waals surface area contributed by atoms with E-state index in [0.29, 0.717) is 6.54 Å². The highest BCUT2D eigenvalue weighted by Crippen LogP contribution is 2.22. The summed E-state index contributed by atoms with van der Waals surface area (Å²) in [5.41, 5.74) is 2.68. The molecule has 1 N–H and O–H groups in total. The zero-order valence-corrected chi connectivity index (χ0v) is 14.7. The van der Waals surface area contributed by atoms with Crippen LogP contribution in [0.5, 0.6) is 0 Å². The minimum atomic E-state index is -0.174. The third-order valence-corrected chi connectivity index (χ3v) is 4.68. The van der Waals surface area contributed by atoms with Crippen molar-refractivity contribution in [1.82, 2.24) is 10.2 Å². The molecule has 2 rings (SSSR count). The molecule has 4 heteroatoms. The summed E-state index contributed by atoms with van der Waals surface area (Å²) in [5, 5.41) is 12.4. The molecule has 1 amide bonds. The zero-order chi connectivity index (χ0) is 17.4. The molecule has 1 aromatic rings. The topological polar surface area (TPSA) is 56.1 Å². The number of nitrogens with one attached hydrogen (secondary N) is 1. The molecule has 1 aromatic carbocycles. The summed E-state index contributed by atoms with van der Waals surface area (Å²) in [6.07, 6.45) is 8.11. The van der Waals surface area contributed by atoms with Crippen LogP contribution in [0.4, 0.5) is 0 Å². The SMILES string of the molecule is Cc1cccc(CCN/C=C(/C#N)C(=O)N(C)C2CCCCC2)c1. The van der Waals surface area contributed by atoms with Crippen LogP contribution in [0.25, 0.3) is 0 Å². The summed E-state index contributed by atoms with van der Waals surface area (Å²) < 4.78 is 0. The Labute approximate surface area is 145 Å². The average Bonchev–Trinajstić information content (AvgIpc) is 2.61. The Morgan fingerprint density at radius 2 is 2.12 bits per heavy atom. The molecular formula is C20H27N3O. The minimum Gasteiger partial charge on any atom is -0.389 e. The van der Waals surface area contributed by atoms with Gasteiger partial charge in [-0.05, 0) is 31.7 Å². The number of aryl methyl sites for hydroxylation is 1. The largest absolute Gasteiger partial charge is 0.389 e. The maximum Gasteiger partial charge on any atom is 0.265 e. The summed E-state index contributed by atoms with van der Waals surface area (Å²) >= 11 is 0. The number of hydrogen-bond donors (Lipinski definition) is 1. The van der Waals surface area contributed by atoms with Crippen LogP contribution in [0.15, 0.2) is 36.0 Å². The summed E-state index contributed by atoms with van der Waals surface area (Å²) in [7, 11) is 1.82. The number of amides is 1. The first-order chi connectivity index (χ1) is 11.6. The van der Waals surface area contributed by atoms with Gasteiger partial charge in [-0.1, -0.05) is 49.1 Å². The van der Waals surface area contributed by atoms with Crippen molar-refractivity contribution in [2.75, 3.05) is 13.6 Å². The van der Waals surface area contributed by atoms with Crippen LogP contribution in [-0.4, -0.2) is 30.4 Å². The highest BCUT2D eigenvalue weighted by molar-refractivity contribution is 5.97. The van der Waals surface area contributed by atoms with Crippen LogP contribution in [0.3, 0.4) is 0 Å². The number of nitrogens with zero attached hydrogens (tertiary/aromatic N) is 2. The molecule has 1 aliphatic carbocycles. The second kappa shape index (κ2) is 9.12. The van der Waals surface area contributed by atoms with E-state index in [1.807, 2.05) is 19.2 Å². The maximum absolute atomic E-state index is 12.5. The molecule has 128 valence electrons. The van der Waals surface area contributed by atoms with Crippen molar-refractivity contribution in [3.05, 3.63) is 47.2 Å².